The third-order valence-corrected chi connectivity index (χ3v) is 3.22. The molecule has 0 radical (unpaired) electrons. The van der Waals surface area contributed by atoms with Crippen molar-refractivity contribution < 1.29 is 14.6 Å². The fourth-order valence-corrected chi connectivity index (χ4v) is 2.03. The van der Waals surface area contributed by atoms with Crippen molar-refractivity contribution in [1.82, 2.24) is 20.3 Å². The normalized spacial score (nSPS) is 23.4. The van der Waals surface area contributed by atoms with Gasteiger partial charge in [0.1, 0.15) is 0 Å². The number of nitrogens with zero attached hydrogens (tertiary/aromatic N) is 3. The topological polar surface area (TPSA) is 89.3 Å². The second kappa shape index (κ2) is 5.92. The Labute approximate surface area is 105 Å². The molecule has 0 amide bonds. The van der Waals surface area contributed by atoms with Crippen LogP contribution < -0.4 is 5.32 Å². The van der Waals surface area contributed by atoms with Crippen LogP contribution >= 0.6 is 0 Å². The van der Waals surface area contributed by atoms with E-state index < -0.39 is 5.97 Å². The van der Waals surface area contributed by atoms with Crippen molar-refractivity contribution in [3.05, 3.63) is 11.9 Å². The Morgan fingerprint density at radius 2 is 2.56 bits per heavy atom. The number of carboxylic acid groups (broad SMARTS) is 1. The quantitative estimate of drug-likeness (QED) is 0.694. The fraction of sp³-hybridized carbons (Fsp3) is 0.727. The van der Waals surface area contributed by atoms with Crippen LogP contribution in [-0.4, -0.2) is 51.9 Å². The lowest BCUT2D eigenvalue weighted by Crippen LogP contribution is -2.29. The number of ether oxygens (including phenoxy) is 1. The predicted molar refractivity (Wildman–Crippen MR) is 63.4 cm³/mol. The summed E-state index contributed by atoms with van der Waals surface area (Å²) in [4.78, 5) is 10.6. The molecule has 100 valence electrons. The predicted octanol–water partition coefficient (Wildman–Crippen LogP) is -0.00910. The van der Waals surface area contributed by atoms with Gasteiger partial charge >= 0.3 is 5.97 Å². The maximum absolute atomic E-state index is 10.6. The first-order chi connectivity index (χ1) is 8.66. The molecule has 1 aromatic rings. The lowest BCUT2D eigenvalue weighted by molar-refractivity contribution is 0.0690. The number of carbonyl (C=O) groups is 1. The smallest absolute Gasteiger partial charge is 0.358 e. The number of aromatic carboxylic acids is 1. The first-order valence-electron chi connectivity index (χ1n) is 6.12. The van der Waals surface area contributed by atoms with Gasteiger partial charge in [0.2, 0.25) is 0 Å². The van der Waals surface area contributed by atoms with E-state index in [2.05, 4.69) is 22.6 Å². The molecule has 2 atom stereocenters. The summed E-state index contributed by atoms with van der Waals surface area (Å²) in [5.74, 6) is -0.485. The van der Waals surface area contributed by atoms with Gasteiger partial charge in [-0.05, 0) is 19.3 Å². The van der Waals surface area contributed by atoms with Crippen LogP contribution in [0.5, 0.6) is 0 Å². The zero-order valence-electron chi connectivity index (χ0n) is 10.4. The zero-order valence-corrected chi connectivity index (χ0v) is 10.4. The Morgan fingerprint density at radius 3 is 3.17 bits per heavy atom. The van der Waals surface area contributed by atoms with Crippen molar-refractivity contribution in [3.63, 3.8) is 0 Å². The van der Waals surface area contributed by atoms with E-state index in [0.717, 1.165) is 26.1 Å². The van der Waals surface area contributed by atoms with E-state index in [9.17, 15) is 4.79 Å². The molecule has 0 saturated carbocycles. The van der Waals surface area contributed by atoms with Gasteiger partial charge in [0.05, 0.1) is 18.8 Å². The Morgan fingerprint density at radius 1 is 1.72 bits per heavy atom. The second-order valence-corrected chi connectivity index (χ2v) is 4.50. The molecule has 1 fully saturated rings. The van der Waals surface area contributed by atoms with E-state index in [1.807, 2.05) is 0 Å². The summed E-state index contributed by atoms with van der Waals surface area (Å²) < 4.78 is 7.01. The maximum atomic E-state index is 10.6. The first-order valence-corrected chi connectivity index (χ1v) is 6.12. The summed E-state index contributed by atoms with van der Waals surface area (Å²) in [5.41, 5.74) is -0.0205. The second-order valence-electron chi connectivity index (χ2n) is 4.50. The molecule has 18 heavy (non-hydrogen) atoms. The molecule has 0 aromatic carbocycles. The molecule has 7 nitrogen and oxygen atoms in total. The zero-order chi connectivity index (χ0) is 13.0. The van der Waals surface area contributed by atoms with Crippen LogP contribution in [0.3, 0.4) is 0 Å². The van der Waals surface area contributed by atoms with Gasteiger partial charge in [-0.25, -0.2) is 4.79 Å². The molecule has 1 aliphatic rings. The minimum absolute atomic E-state index is 0.0205. The third kappa shape index (κ3) is 3.27. The van der Waals surface area contributed by atoms with Gasteiger partial charge in [0.25, 0.3) is 0 Å². The third-order valence-electron chi connectivity index (χ3n) is 3.22. The van der Waals surface area contributed by atoms with Gasteiger partial charge in [-0.15, -0.1) is 5.10 Å². The maximum Gasteiger partial charge on any atom is 0.358 e. The van der Waals surface area contributed by atoms with Crippen molar-refractivity contribution in [2.45, 2.75) is 26.0 Å². The van der Waals surface area contributed by atoms with Crippen LogP contribution in [0.2, 0.25) is 0 Å². The highest BCUT2D eigenvalue weighted by molar-refractivity contribution is 5.84. The lowest BCUT2D eigenvalue weighted by atomic mass is 10.0. The first kappa shape index (κ1) is 13.0. The molecule has 1 aromatic heterocycles. The lowest BCUT2D eigenvalue weighted by Gasteiger charge is -2.14. The molecular weight excluding hydrogens is 236 g/mol. The van der Waals surface area contributed by atoms with E-state index in [1.54, 1.807) is 0 Å². The largest absolute Gasteiger partial charge is 0.476 e. The molecule has 1 saturated heterocycles. The highest BCUT2D eigenvalue weighted by Gasteiger charge is 2.23. The van der Waals surface area contributed by atoms with Crippen LogP contribution in [0.1, 0.15) is 23.8 Å². The summed E-state index contributed by atoms with van der Waals surface area (Å²) in [6.07, 6.45) is 2.86. The summed E-state index contributed by atoms with van der Waals surface area (Å²) in [5, 5.41) is 19.3. The van der Waals surface area contributed by atoms with Crippen molar-refractivity contribution in [3.8, 4) is 0 Å². The van der Waals surface area contributed by atoms with Crippen molar-refractivity contribution in [1.29, 1.82) is 0 Å². The van der Waals surface area contributed by atoms with E-state index in [0.29, 0.717) is 18.6 Å². The van der Waals surface area contributed by atoms with Crippen molar-refractivity contribution in [2.24, 2.45) is 5.92 Å². The van der Waals surface area contributed by atoms with E-state index in [4.69, 9.17) is 9.84 Å². The molecule has 0 aliphatic carbocycles. The number of hydrogen-bond acceptors (Lipinski definition) is 5. The Kier molecular flexibility index (Phi) is 4.27. The highest BCUT2D eigenvalue weighted by Crippen LogP contribution is 2.18. The molecule has 2 rings (SSSR count). The average molecular weight is 254 g/mol. The molecule has 0 spiro atoms. The van der Waals surface area contributed by atoms with Crippen LogP contribution in [0, 0.1) is 5.92 Å². The monoisotopic (exact) mass is 254 g/mol. The van der Waals surface area contributed by atoms with Crippen LogP contribution in [0.25, 0.3) is 0 Å². The summed E-state index contributed by atoms with van der Waals surface area (Å²) in [7, 11) is 0. The van der Waals surface area contributed by atoms with Gasteiger partial charge in [-0.3, -0.25) is 4.68 Å². The van der Waals surface area contributed by atoms with Gasteiger partial charge < -0.3 is 15.2 Å². The average Bonchev–Trinajstić information content (AvgIpc) is 2.94. The molecule has 7 heteroatoms. The highest BCUT2D eigenvalue weighted by atomic mass is 16.5. The van der Waals surface area contributed by atoms with Gasteiger partial charge in [-0.1, -0.05) is 5.21 Å². The van der Waals surface area contributed by atoms with E-state index in [-0.39, 0.29) is 5.69 Å². The number of rotatable bonds is 6. The SMILES string of the molecule is CC1OCCC1CNCCn1cc(C(=O)O)nn1. The Bertz CT molecular complexity index is 407. The van der Waals surface area contributed by atoms with Crippen molar-refractivity contribution in [2.75, 3.05) is 19.7 Å². The molecule has 2 unspecified atom stereocenters. The molecular formula is C11H18N4O3. The fourth-order valence-electron chi connectivity index (χ4n) is 2.03. The van der Waals surface area contributed by atoms with E-state index in [1.165, 1.54) is 10.9 Å². The van der Waals surface area contributed by atoms with Crippen LogP contribution in [0.4, 0.5) is 0 Å². The van der Waals surface area contributed by atoms with Gasteiger partial charge in [0.15, 0.2) is 5.69 Å². The summed E-state index contributed by atoms with van der Waals surface area (Å²) in [6, 6.07) is 0. The molecule has 1 aliphatic heterocycles. The minimum Gasteiger partial charge on any atom is -0.476 e. The van der Waals surface area contributed by atoms with E-state index >= 15 is 0 Å². The number of carboxylic acids is 1. The van der Waals surface area contributed by atoms with Gasteiger partial charge in [-0.2, -0.15) is 0 Å². The van der Waals surface area contributed by atoms with Gasteiger partial charge in [0, 0.05) is 19.7 Å². The number of nitrogens with one attached hydrogen (secondary N) is 1. The standard InChI is InChI=1S/C11H18N4O3/c1-8-9(2-5-18-8)6-12-3-4-15-7-10(11(16)17)13-14-15/h7-9,12H,2-6H2,1H3,(H,16,17). The Hall–Kier alpha value is -1.47. The molecule has 2 N–H and O–H groups in total. The summed E-state index contributed by atoms with van der Waals surface area (Å²) in [6.45, 7) is 5.21. The number of hydrogen-bond donors (Lipinski definition) is 2. The van der Waals surface area contributed by atoms with Crippen LogP contribution in [-0.2, 0) is 11.3 Å². The minimum atomic E-state index is -1.05. The molecule has 2 heterocycles. The van der Waals surface area contributed by atoms with Crippen molar-refractivity contribution >= 4 is 5.97 Å². The Balaban J connectivity index is 1.67. The summed E-state index contributed by atoms with van der Waals surface area (Å²) >= 11 is 0. The van der Waals surface area contributed by atoms with Crippen LogP contribution in [0.15, 0.2) is 6.20 Å². The molecule has 0 bridgehead atoms. The number of aromatic nitrogens is 3.